The lowest BCUT2D eigenvalue weighted by Crippen LogP contribution is -2.16. The Morgan fingerprint density at radius 3 is 3.06 bits per heavy atom. The summed E-state index contributed by atoms with van der Waals surface area (Å²) >= 11 is 0. The molecule has 0 saturated carbocycles. The summed E-state index contributed by atoms with van der Waals surface area (Å²) in [6, 6.07) is 6.08. The quantitative estimate of drug-likeness (QED) is 0.731. The van der Waals surface area contributed by atoms with Gasteiger partial charge in [-0.1, -0.05) is 6.07 Å². The topological polar surface area (TPSA) is 21.7 Å². The number of ether oxygens (including phenoxy) is 2. The van der Waals surface area contributed by atoms with Gasteiger partial charge in [-0.05, 0) is 45.5 Å². The third-order valence-corrected chi connectivity index (χ3v) is 2.93. The second kappa shape index (κ2) is 5.92. The molecule has 1 aliphatic rings. The summed E-state index contributed by atoms with van der Waals surface area (Å²) in [5, 5.41) is 0. The average molecular weight is 235 g/mol. The molecule has 17 heavy (non-hydrogen) atoms. The number of rotatable bonds is 5. The molecule has 0 radical (unpaired) electrons. The van der Waals surface area contributed by atoms with Gasteiger partial charge in [0.25, 0.3) is 0 Å². The van der Waals surface area contributed by atoms with Gasteiger partial charge in [-0.3, -0.25) is 0 Å². The third kappa shape index (κ3) is 3.37. The highest BCUT2D eigenvalue weighted by Gasteiger charge is 2.14. The fraction of sp³-hybridized carbons (Fsp3) is 0.571. The van der Waals surface area contributed by atoms with Gasteiger partial charge in [0, 0.05) is 12.1 Å². The molecule has 0 spiro atoms. The summed E-state index contributed by atoms with van der Waals surface area (Å²) in [6.45, 7) is 2.66. The van der Waals surface area contributed by atoms with E-state index in [0.29, 0.717) is 0 Å². The van der Waals surface area contributed by atoms with Crippen LogP contribution in [0.15, 0.2) is 18.2 Å². The first-order valence-corrected chi connectivity index (χ1v) is 6.29. The molecule has 1 aliphatic heterocycles. The zero-order chi connectivity index (χ0) is 12.1. The number of nitrogens with zero attached hydrogens (tertiary/aromatic N) is 1. The lowest BCUT2D eigenvalue weighted by Gasteiger charge is -2.20. The zero-order valence-electron chi connectivity index (χ0n) is 10.7. The molecule has 2 rings (SSSR count). The van der Waals surface area contributed by atoms with Crippen molar-refractivity contribution in [3.05, 3.63) is 23.8 Å². The van der Waals surface area contributed by atoms with Crippen LogP contribution in [0.25, 0.3) is 0 Å². The van der Waals surface area contributed by atoms with Crippen LogP contribution in [0.1, 0.15) is 18.4 Å². The largest absolute Gasteiger partial charge is 0.493 e. The molecule has 1 aromatic carbocycles. The second-order valence-corrected chi connectivity index (χ2v) is 4.69. The van der Waals surface area contributed by atoms with Crippen molar-refractivity contribution in [3.63, 3.8) is 0 Å². The van der Waals surface area contributed by atoms with E-state index in [-0.39, 0.29) is 0 Å². The summed E-state index contributed by atoms with van der Waals surface area (Å²) in [7, 11) is 4.16. The molecule has 0 N–H and O–H groups in total. The molecule has 94 valence electrons. The zero-order valence-corrected chi connectivity index (χ0v) is 10.7. The van der Waals surface area contributed by atoms with Gasteiger partial charge in [0.05, 0.1) is 13.2 Å². The van der Waals surface area contributed by atoms with E-state index < -0.39 is 0 Å². The van der Waals surface area contributed by atoms with E-state index in [1.807, 2.05) is 18.2 Å². The summed E-state index contributed by atoms with van der Waals surface area (Å²) in [4.78, 5) is 2.17. The molecule has 0 aliphatic carbocycles. The van der Waals surface area contributed by atoms with Gasteiger partial charge in [-0.15, -0.1) is 0 Å². The Bertz CT molecular complexity index is 363. The molecule has 1 heterocycles. The van der Waals surface area contributed by atoms with Crippen LogP contribution in [0.5, 0.6) is 11.5 Å². The maximum atomic E-state index is 5.85. The van der Waals surface area contributed by atoms with E-state index in [1.165, 1.54) is 5.56 Å². The van der Waals surface area contributed by atoms with Crippen molar-refractivity contribution in [1.82, 2.24) is 4.90 Å². The molecule has 0 fully saturated rings. The van der Waals surface area contributed by atoms with Crippen molar-refractivity contribution in [3.8, 4) is 11.5 Å². The first-order valence-electron chi connectivity index (χ1n) is 6.29. The first kappa shape index (κ1) is 12.2. The highest BCUT2D eigenvalue weighted by Crippen LogP contribution is 2.32. The maximum Gasteiger partial charge on any atom is 0.126 e. The summed E-state index contributed by atoms with van der Waals surface area (Å²) < 4.78 is 11.5. The Morgan fingerprint density at radius 1 is 1.35 bits per heavy atom. The average Bonchev–Trinajstić information content (AvgIpc) is 2.34. The van der Waals surface area contributed by atoms with Crippen LogP contribution in [0.3, 0.4) is 0 Å². The molecule has 3 heteroatoms. The van der Waals surface area contributed by atoms with Crippen molar-refractivity contribution < 1.29 is 9.47 Å². The lowest BCUT2D eigenvalue weighted by molar-refractivity contribution is 0.261. The third-order valence-electron chi connectivity index (χ3n) is 2.93. The molecule has 0 amide bonds. The fourth-order valence-electron chi connectivity index (χ4n) is 2.06. The molecule has 3 nitrogen and oxygen atoms in total. The van der Waals surface area contributed by atoms with Gasteiger partial charge in [0.15, 0.2) is 0 Å². The monoisotopic (exact) mass is 235 g/mol. The summed E-state index contributed by atoms with van der Waals surface area (Å²) in [5.74, 6) is 2.00. The number of fused-ring (bicyclic) bond motifs is 1. The Hall–Kier alpha value is -1.22. The van der Waals surface area contributed by atoms with Gasteiger partial charge in [0.1, 0.15) is 11.5 Å². The molecule has 0 atom stereocenters. The van der Waals surface area contributed by atoms with Gasteiger partial charge < -0.3 is 14.4 Å². The van der Waals surface area contributed by atoms with Gasteiger partial charge in [-0.25, -0.2) is 0 Å². The molecule has 1 aromatic rings. The Balaban J connectivity index is 1.92. The van der Waals surface area contributed by atoms with Gasteiger partial charge in [0.2, 0.25) is 0 Å². The fourth-order valence-corrected chi connectivity index (χ4v) is 2.06. The van der Waals surface area contributed by atoms with Crippen LogP contribution in [0.2, 0.25) is 0 Å². The SMILES string of the molecule is CN(C)CCCOc1cccc2c1CCCO2. The number of benzene rings is 1. The molecular formula is C14H21NO2. The molecule has 0 saturated heterocycles. The van der Waals surface area contributed by atoms with Crippen molar-refractivity contribution in [2.24, 2.45) is 0 Å². The molecule has 0 unspecified atom stereocenters. The summed E-state index contributed by atoms with van der Waals surface area (Å²) in [6.07, 6.45) is 3.21. The Labute approximate surface area is 103 Å². The van der Waals surface area contributed by atoms with Crippen molar-refractivity contribution in [2.75, 3.05) is 33.9 Å². The normalized spacial score (nSPS) is 14.3. The molecule has 0 bridgehead atoms. The minimum absolute atomic E-state index is 0.772. The van der Waals surface area contributed by atoms with Crippen molar-refractivity contribution in [2.45, 2.75) is 19.3 Å². The summed E-state index contributed by atoms with van der Waals surface area (Å²) in [5.41, 5.74) is 1.24. The van der Waals surface area contributed by atoms with Crippen molar-refractivity contribution in [1.29, 1.82) is 0 Å². The molecule has 0 aromatic heterocycles. The van der Waals surface area contributed by atoms with E-state index in [4.69, 9.17) is 9.47 Å². The molecular weight excluding hydrogens is 214 g/mol. The highest BCUT2D eigenvalue weighted by molar-refractivity contribution is 5.45. The van der Waals surface area contributed by atoms with Crippen LogP contribution < -0.4 is 9.47 Å². The lowest BCUT2D eigenvalue weighted by atomic mass is 10.1. The van der Waals surface area contributed by atoms with E-state index in [1.54, 1.807) is 0 Å². The predicted octanol–water partition coefficient (Wildman–Crippen LogP) is 2.34. The minimum Gasteiger partial charge on any atom is -0.493 e. The Morgan fingerprint density at radius 2 is 2.24 bits per heavy atom. The van der Waals surface area contributed by atoms with Gasteiger partial charge in [-0.2, -0.15) is 0 Å². The first-order chi connectivity index (χ1) is 8.27. The number of hydrogen-bond acceptors (Lipinski definition) is 3. The van der Waals surface area contributed by atoms with E-state index >= 15 is 0 Å². The van der Waals surface area contributed by atoms with Crippen LogP contribution >= 0.6 is 0 Å². The van der Waals surface area contributed by atoms with Crippen molar-refractivity contribution >= 4 is 0 Å². The maximum absolute atomic E-state index is 5.85. The predicted molar refractivity (Wildman–Crippen MR) is 68.9 cm³/mol. The van der Waals surface area contributed by atoms with Crippen LogP contribution in [0, 0.1) is 0 Å². The van der Waals surface area contributed by atoms with Crippen LogP contribution in [-0.4, -0.2) is 38.8 Å². The smallest absolute Gasteiger partial charge is 0.126 e. The standard InChI is InChI=1S/C14H21NO2/c1-15(2)9-5-11-17-14-8-3-7-13-12(14)6-4-10-16-13/h3,7-8H,4-6,9-11H2,1-2H3. The number of hydrogen-bond donors (Lipinski definition) is 0. The van der Waals surface area contributed by atoms with Gasteiger partial charge >= 0.3 is 0 Å². The minimum atomic E-state index is 0.772. The Kier molecular flexibility index (Phi) is 4.26. The van der Waals surface area contributed by atoms with Crippen LogP contribution in [0.4, 0.5) is 0 Å². The van der Waals surface area contributed by atoms with E-state index in [9.17, 15) is 0 Å². The van der Waals surface area contributed by atoms with Crippen LogP contribution in [-0.2, 0) is 6.42 Å². The van der Waals surface area contributed by atoms with E-state index in [2.05, 4.69) is 19.0 Å². The second-order valence-electron chi connectivity index (χ2n) is 4.69. The van der Waals surface area contributed by atoms with E-state index in [0.717, 1.165) is 50.5 Å². The highest BCUT2D eigenvalue weighted by atomic mass is 16.5.